The lowest BCUT2D eigenvalue weighted by Gasteiger charge is -2.20. The number of ether oxygens (including phenoxy) is 2. The SMILES string of the molecule is COc1cc(C(=O)Nc2nc(C(=O)NCCN(C)C(C)C)cs2)c(OC)cc1O. The van der Waals surface area contributed by atoms with Crippen LogP contribution in [0, 0.1) is 0 Å². The number of aromatic hydroxyl groups is 1. The molecular weight excluding hydrogens is 396 g/mol. The van der Waals surface area contributed by atoms with Gasteiger partial charge >= 0.3 is 0 Å². The third-order valence-corrected chi connectivity index (χ3v) is 5.09. The van der Waals surface area contributed by atoms with Gasteiger partial charge in [-0.3, -0.25) is 14.9 Å². The summed E-state index contributed by atoms with van der Waals surface area (Å²) in [5.41, 5.74) is 0.396. The summed E-state index contributed by atoms with van der Waals surface area (Å²) in [7, 11) is 4.76. The number of anilines is 1. The molecule has 158 valence electrons. The molecule has 1 heterocycles. The molecule has 0 atom stereocenters. The van der Waals surface area contributed by atoms with Crippen LogP contribution in [0.5, 0.6) is 17.2 Å². The molecule has 1 aromatic heterocycles. The number of hydrogen-bond donors (Lipinski definition) is 3. The summed E-state index contributed by atoms with van der Waals surface area (Å²) in [6.07, 6.45) is 0. The molecule has 2 rings (SSSR count). The molecular formula is C19H26N4O5S. The number of likely N-dealkylation sites (N-methyl/N-ethyl adjacent to an activating group) is 1. The highest BCUT2D eigenvalue weighted by molar-refractivity contribution is 7.14. The van der Waals surface area contributed by atoms with E-state index < -0.39 is 5.91 Å². The summed E-state index contributed by atoms with van der Waals surface area (Å²) >= 11 is 1.14. The molecule has 0 radical (unpaired) electrons. The van der Waals surface area contributed by atoms with E-state index in [2.05, 4.69) is 34.4 Å². The second kappa shape index (κ2) is 10.1. The van der Waals surface area contributed by atoms with Crippen LogP contribution in [0.15, 0.2) is 17.5 Å². The fourth-order valence-electron chi connectivity index (χ4n) is 2.35. The molecule has 0 saturated heterocycles. The lowest BCUT2D eigenvalue weighted by atomic mass is 10.1. The minimum absolute atomic E-state index is 0.140. The van der Waals surface area contributed by atoms with Crippen LogP contribution >= 0.6 is 11.3 Å². The van der Waals surface area contributed by atoms with Gasteiger partial charge in [0.25, 0.3) is 11.8 Å². The second-order valence-corrected chi connectivity index (χ2v) is 7.40. The van der Waals surface area contributed by atoms with E-state index in [0.29, 0.717) is 12.6 Å². The van der Waals surface area contributed by atoms with Gasteiger partial charge in [-0.1, -0.05) is 0 Å². The molecule has 3 N–H and O–H groups in total. The number of hydrogen-bond acceptors (Lipinski definition) is 8. The molecule has 0 aliphatic heterocycles. The lowest BCUT2D eigenvalue weighted by Crippen LogP contribution is -2.36. The van der Waals surface area contributed by atoms with Gasteiger partial charge in [0.2, 0.25) is 0 Å². The molecule has 1 aromatic carbocycles. The smallest absolute Gasteiger partial charge is 0.270 e. The third-order valence-electron chi connectivity index (χ3n) is 4.33. The first kappa shape index (κ1) is 22.4. The van der Waals surface area contributed by atoms with Crippen LogP contribution < -0.4 is 20.1 Å². The molecule has 0 saturated carbocycles. The first-order valence-electron chi connectivity index (χ1n) is 8.97. The predicted octanol–water partition coefficient (Wildman–Crippen LogP) is 2.19. The third kappa shape index (κ3) is 5.81. The van der Waals surface area contributed by atoms with Crippen molar-refractivity contribution in [2.45, 2.75) is 19.9 Å². The number of nitrogens with zero attached hydrogens (tertiary/aromatic N) is 2. The second-order valence-electron chi connectivity index (χ2n) is 6.55. The normalized spacial score (nSPS) is 10.9. The van der Waals surface area contributed by atoms with E-state index in [-0.39, 0.29) is 39.5 Å². The minimum atomic E-state index is -0.500. The number of benzene rings is 1. The van der Waals surface area contributed by atoms with Gasteiger partial charge in [-0.2, -0.15) is 0 Å². The van der Waals surface area contributed by atoms with E-state index in [4.69, 9.17) is 9.47 Å². The van der Waals surface area contributed by atoms with Gasteiger partial charge in [0.05, 0.1) is 19.8 Å². The fraction of sp³-hybridized carbons (Fsp3) is 0.421. The van der Waals surface area contributed by atoms with Gasteiger partial charge in [0.1, 0.15) is 11.4 Å². The molecule has 9 nitrogen and oxygen atoms in total. The van der Waals surface area contributed by atoms with Gasteiger partial charge in [-0.15, -0.1) is 11.3 Å². The number of aromatic nitrogens is 1. The van der Waals surface area contributed by atoms with Gasteiger partial charge in [0, 0.05) is 36.6 Å². The van der Waals surface area contributed by atoms with Crippen molar-refractivity contribution in [2.75, 3.05) is 39.7 Å². The molecule has 2 amide bonds. The maximum Gasteiger partial charge on any atom is 0.270 e. The molecule has 0 aliphatic rings. The molecule has 0 aliphatic carbocycles. The number of rotatable bonds is 9. The van der Waals surface area contributed by atoms with E-state index in [1.807, 2.05) is 7.05 Å². The van der Waals surface area contributed by atoms with Crippen LogP contribution in [0.25, 0.3) is 0 Å². The van der Waals surface area contributed by atoms with Crippen molar-refractivity contribution in [3.8, 4) is 17.2 Å². The van der Waals surface area contributed by atoms with Crippen molar-refractivity contribution in [3.63, 3.8) is 0 Å². The monoisotopic (exact) mass is 422 g/mol. The summed E-state index contributed by atoms with van der Waals surface area (Å²) < 4.78 is 10.2. The van der Waals surface area contributed by atoms with Crippen molar-refractivity contribution in [1.29, 1.82) is 0 Å². The number of nitrogens with one attached hydrogen (secondary N) is 2. The number of amides is 2. The Balaban J connectivity index is 2.03. The number of methoxy groups -OCH3 is 2. The Bertz CT molecular complexity index is 868. The van der Waals surface area contributed by atoms with Crippen molar-refractivity contribution >= 4 is 28.3 Å². The van der Waals surface area contributed by atoms with Gasteiger partial charge < -0.3 is 24.8 Å². The van der Waals surface area contributed by atoms with Gasteiger partial charge in [0.15, 0.2) is 16.6 Å². The summed E-state index contributed by atoms with van der Waals surface area (Å²) in [4.78, 5) is 31.1. The van der Waals surface area contributed by atoms with Crippen LogP contribution in [-0.4, -0.2) is 67.2 Å². The molecule has 0 unspecified atom stereocenters. The van der Waals surface area contributed by atoms with Crippen LogP contribution in [-0.2, 0) is 0 Å². The molecule has 0 fully saturated rings. The van der Waals surface area contributed by atoms with E-state index in [1.54, 1.807) is 5.38 Å². The Hall–Kier alpha value is -2.85. The molecule has 10 heteroatoms. The molecule has 2 aromatic rings. The molecule has 0 spiro atoms. The fourth-order valence-corrected chi connectivity index (χ4v) is 3.04. The lowest BCUT2D eigenvalue weighted by molar-refractivity contribution is 0.0942. The zero-order chi connectivity index (χ0) is 21.6. The topological polar surface area (TPSA) is 113 Å². The Labute approximate surface area is 173 Å². The quantitative estimate of drug-likeness (QED) is 0.568. The van der Waals surface area contributed by atoms with Crippen molar-refractivity contribution in [1.82, 2.24) is 15.2 Å². The Morgan fingerprint density at radius 1 is 1.21 bits per heavy atom. The number of carbonyl (C=O) groups is 2. The zero-order valence-electron chi connectivity index (χ0n) is 17.1. The standard InChI is InChI=1S/C19H26N4O5S/c1-11(2)23(3)7-6-20-18(26)13-10-29-19(21-13)22-17(25)12-8-16(28-5)14(24)9-15(12)27-4/h8-11,24H,6-7H2,1-5H3,(H,20,26)(H,21,22,25). The highest BCUT2D eigenvalue weighted by Crippen LogP contribution is 2.34. The minimum Gasteiger partial charge on any atom is -0.504 e. The molecule has 0 bridgehead atoms. The summed E-state index contributed by atoms with van der Waals surface area (Å²) in [6.45, 7) is 5.38. The maximum absolute atomic E-state index is 12.6. The summed E-state index contributed by atoms with van der Waals surface area (Å²) in [5, 5.41) is 17.1. The van der Waals surface area contributed by atoms with Crippen LogP contribution in [0.3, 0.4) is 0 Å². The highest BCUT2D eigenvalue weighted by Gasteiger charge is 2.19. The average Bonchev–Trinajstić information content (AvgIpc) is 3.15. The Kier molecular flexibility index (Phi) is 7.80. The predicted molar refractivity (Wildman–Crippen MR) is 111 cm³/mol. The Morgan fingerprint density at radius 2 is 1.90 bits per heavy atom. The van der Waals surface area contributed by atoms with Crippen LogP contribution in [0.1, 0.15) is 34.7 Å². The number of carbonyl (C=O) groups excluding carboxylic acids is 2. The van der Waals surface area contributed by atoms with E-state index in [9.17, 15) is 14.7 Å². The van der Waals surface area contributed by atoms with Crippen LogP contribution in [0.2, 0.25) is 0 Å². The summed E-state index contributed by atoms with van der Waals surface area (Å²) in [6, 6.07) is 3.06. The number of phenolic OH excluding ortho intramolecular Hbond substituents is 1. The average molecular weight is 423 g/mol. The first-order valence-corrected chi connectivity index (χ1v) is 9.85. The zero-order valence-corrected chi connectivity index (χ0v) is 17.9. The first-order chi connectivity index (χ1) is 13.8. The Morgan fingerprint density at radius 3 is 2.52 bits per heavy atom. The van der Waals surface area contributed by atoms with Gasteiger partial charge in [-0.25, -0.2) is 4.98 Å². The van der Waals surface area contributed by atoms with E-state index in [1.165, 1.54) is 26.4 Å². The largest absolute Gasteiger partial charge is 0.504 e. The van der Waals surface area contributed by atoms with Crippen molar-refractivity contribution in [2.24, 2.45) is 0 Å². The van der Waals surface area contributed by atoms with Crippen LogP contribution in [0.4, 0.5) is 5.13 Å². The van der Waals surface area contributed by atoms with Gasteiger partial charge in [-0.05, 0) is 20.9 Å². The van der Waals surface area contributed by atoms with Crippen molar-refractivity contribution in [3.05, 3.63) is 28.8 Å². The maximum atomic E-state index is 12.6. The number of phenols is 1. The summed E-state index contributed by atoms with van der Waals surface area (Å²) in [5.74, 6) is -0.619. The van der Waals surface area contributed by atoms with E-state index >= 15 is 0 Å². The number of thiazole rings is 1. The highest BCUT2D eigenvalue weighted by atomic mass is 32.1. The van der Waals surface area contributed by atoms with E-state index in [0.717, 1.165) is 17.9 Å². The molecule has 29 heavy (non-hydrogen) atoms. The van der Waals surface area contributed by atoms with Crippen molar-refractivity contribution < 1.29 is 24.2 Å².